The van der Waals surface area contributed by atoms with Gasteiger partial charge in [-0.3, -0.25) is 4.90 Å². The average Bonchev–Trinajstić information content (AvgIpc) is 3.47. The Labute approximate surface area is 188 Å². The van der Waals surface area contributed by atoms with Crippen LogP contribution in [0.5, 0.6) is 0 Å². The van der Waals surface area contributed by atoms with Crippen molar-refractivity contribution in [3.63, 3.8) is 0 Å². The van der Waals surface area contributed by atoms with Gasteiger partial charge < -0.3 is 25.2 Å². The molecule has 1 saturated carbocycles. The monoisotopic (exact) mass is 436 g/mol. The molecule has 3 aromatic heterocycles. The molecular weight excluding hydrogens is 404 g/mol. The quantitative estimate of drug-likeness (QED) is 0.508. The zero-order chi connectivity index (χ0) is 22.1. The van der Waals surface area contributed by atoms with Gasteiger partial charge in [0.05, 0.1) is 17.6 Å². The number of aromatic nitrogens is 4. The van der Waals surface area contributed by atoms with Crippen LogP contribution in [0.3, 0.4) is 0 Å². The number of anilines is 3. The highest BCUT2D eigenvalue weighted by atomic mass is 16.3. The largest absolute Gasteiger partial charge is 0.373 e. The van der Waals surface area contributed by atoms with Crippen LogP contribution in [-0.2, 0) is 0 Å². The van der Waals surface area contributed by atoms with E-state index >= 15 is 0 Å². The number of aliphatic hydroxyl groups is 1. The van der Waals surface area contributed by atoms with Gasteiger partial charge in [0.2, 0.25) is 5.95 Å². The zero-order valence-electron chi connectivity index (χ0n) is 18.8. The fraction of sp³-hybridized carbons (Fsp3) is 0.522. The molecule has 5 rings (SSSR count). The molecule has 1 unspecified atom stereocenters. The lowest BCUT2D eigenvalue weighted by Gasteiger charge is -2.29. The number of rotatable bonds is 6. The summed E-state index contributed by atoms with van der Waals surface area (Å²) in [5, 5.41) is 18.4. The van der Waals surface area contributed by atoms with Crippen molar-refractivity contribution in [3.8, 4) is 0 Å². The molecule has 3 N–H and O–H groups in total. The first-order valence-electron chi connectivity index (χ1n) is 11.5. The third kappa shape index (κ3) is 4.15. The summed E-state index contributed by atoms with van der Waals surface area (Å²) in [6.07, 6.45) is 7.69. The number of piperazine rings is 1. The molecule has 0 radical (unpaired) electrons. The Hall–Kier alpha value is -2.75. The third-order valence-electron chi connectivity index (χ3n) is 6.52. The summed E-state index contributed by atoms with van der Waals surface area (Å²) in [7, 11) is 3.77. The standard InChI is InChI=1S/C23H32N8O/c1-29(2)22(32)19-13-16-14-26-23(28-21(16)31(19)17-5-3-4-6-17)27-20-8-7-18(15-25-20)30-11-9-24-10-12-30/h7-8,13-15,17,22,24,32H,3-6,9-12H2,1-2H3,(H,25,26,27,28). The van der Waals surface area contributed by atoms with Gasteiger partial charge in [0.1, 0.15) is 17.7 Å². The van der Waals surface area contributed by atoms with Crippen LogP contribution in [0.2, 0.25) is 0 Å². The number of hydrogen-bond acceptors (Lipinski definition) is 8. The predicted octanol–water partition coefficient (Wildman–Crippen LogP) is 2.65. The molecule has 4 heterocycles. The second kappa shape index (κ2) is 9.01. The minimum absolute atomic E-state index is 0.358. The first-order chi connectivity index (χ1) is 15.6. The van der Waals surface area contributed by atoms with Gasteiger partial charge in [0, 0.05) is 43.8 Å². The van der Waals surface area contributed by atoms with Crippen LogP contribution in [0.25, 0.3) is 11.0 Å². The van der Waals surface area contributed by atoms with Crippen molar-refractivity contribution in [2.24, 2.45) is 0 Å². The molecule has 9 nitrogen and oxygen atoms in total. The van der Waals surface area contributed by atoms with E-state index in [0.29, 0.717) is 12.0 Å². The average molecular weight is 437 g/mol. The van der Waals surface area contributed by atoms with E-state index in [1.165, 1.54) is 12.8 Å². The summed E-state index contributed by atoms with van der Waals surface area (Å²) in [4.78, 5) is 18.1. The van der Waals surface area contributed by atoms with Crippen LogP contribution in [0.1, 0.15) is 43.6 Å². The summed E-state index contributed by atoms with van der Waals surface area (Å²) in [6, 6.07) is 6.44. The number of nitrogens with one attached hydrogen (secondary N) is 2. The second-order valence-electron chi connectivity index (χ2n) is 8.95. The van der Waals surface area contributed by atoms with E-state index in [1.807, 2.05) is 43.5 Å². The van der Waals surface area contributed by atoms with Crippen molar-refractivity contribution in [1.82, 2.24) is 29.7 Å². The minimum atomic E-state index is -0.680. The molecule has 170 valence electrons. The van der Waals surface area contributed by atoms with E-state index < -0.39 is 6.23 Å². The molecule has 3 aromatic rings. The van der Waals surface area contributed by atoms with E-state index in [1.54, 1.807) is 0 Å². The summed E-state index contributed by atoms with van der Waals surface area (Å²) >= 11 is 0. The van der Waals surface area contributed by atoms with E-state index in [9.17, 15) is 5.11 Å². The molecule has 9 heteroatoms. The van der Waals surface area contributed by atoms with E-state index in [0.717, 1.165) is 67.3 Å². The molecule has 2 fully saturated rings. The molecule has 1 atom stereocenters. The predicted molar refractivity (Wildman–Crippen MR) is 126 cm³/mol. The molecule has 1 saturated heterocycles. The van der Waals surface area contributed by atoms with Gasteiger partial charge in [-0.05, 0) is 45.1 Å². The van der Waals surface area contributed by atoms with Gasteiger partial charge in [-0.15, -0.1) is 0 Å². The fourth-order valence-electron chi connectivity index (χ4n) is 4.78. The number of fused-ring (bicyclic) bond motifs is 1. The maximum atomic E-state index is 10.8. The summed E-state index contributed by atoms with van der Waals surface area (Å²) in [6.45, 7) is 3.99. The van der Waals surface area contributed by atoms with Crippen molar-refractivity contribution in [3.05, 3.63) is 36.3 Å². The maximum Gasteiger partial charge on any atom is 0.230 e. The number of nitrogens with zero attached hydrogens (tertiary/aromatic N) is 6. The van der Waals surface area contributed by atoms with Gasteiger partial charge in [0.25, 0.3) is 0 Å². The number of hydrogen-bond donors (Lipinski definition) is 3. The molecule has 1 aliphatic carbocycles. The molecule has 0 amide bonds. The zero-order valence-corrected chi connectivity index (χ0v) is 18.8. The summed E-state index contributed by atoms with van der Waals surface area (Å²) < 4.78 is 2.22. The number of pyridine rings is 1. The molecule has 0 spiro atoms. The Morgan fingerprint density at radius 2 is 1.91 bits per heavy atom. The van der Waals surface area contributed by atoms with Gasteiger partial charge in [-0.25, -0.2) is 9.97 Å². The molecule has 0 bridgehead atoms. The van der Waals surface area contributed by atoms with Crippen molar-refractivity contribution in [2.45, 2.75) is 38.0 Å². The first-order valence-corrected chi connectivity index (χ1v) is 11.5. The SMILES string of the molecule is CN(C)C(O)c1cc2cnc(Nc3ccc(N4CCNCC4)cn3)nc2n1C1CCCC1. The van der Waals surface area contributed by atoms with Gasteiger partial charge in [0.15, 0.2) is 0 Å². The van der Waals surface area contributed by atoms with E-state index in [4.69, 9.17) is 4.98 Å². The van der Waals surface area contributed by atoms with Crippen molar-refractivity contribution in [1.29, 1.82) is 0 Å². The van der Waals surface area contributed by atoms with Crippen LogP contribution in [-0.4, -0.2) is 69.8 Å². The Bertz CT molecular complexity index is 1050. The van der Waals surface area contributed by atoms with Crippen LogP contribution >= 0.6 is 0 Å². The highest BCUT2D eigenvalue weighted by Gasteiger charge is 2.26. The van der Waals surface area contributed by atoms with Crippen LogP contribution < -0.4 is 15.5 Å². The maximum absolute atomic E-state index is 10.8. The summed E-state index contributed by atoms with van der Waals surface area (Å²) in [5.41, 5.74) is 2.87. The highest BCUT2D eigenvalue weighted by molar-refractivity contribution is 5.78. The van der Waals surface area contributed by atoms with Gasteiger partial charge in [-0.2, -0.15) is 4.98 Å². The third-order valence-corrected chi connectivity index (χ3v) is 6.52. The normalized spacial score (nSPS) is 18.6. The molecule has 32 heavy (non-hydrogen) atoms. The fourth-order valence-corrected chi connectivity index (χ4v) is 4.78. The van der Waals surface area contributed by atoms with Gasteiger partial charge >= 0.3 is 0 Å². The van der Waals surface area contributed by atoms with E-state index in [-0.39, 0.29) is 0 Å². The van der Waals surface area contributed by atoms with E-state index in [2.05, 4.69) is 36.1 Å². The summed E-state index contributed by atoms with van der Waals surface area (Å²) in [5.74, 6) is 1.24. The number of aliphatic hydroxyl groups excluding tert-OH is 1. The second-order valence-corrected chi connectivity index (χ2v) is 8.95. The Morgan fingerprint density at radius 3 is 2.59 bits per heavy atom. The molecule has 0 aromatic carbocycles. The van der Waals surface area contributed by atoms with Crippen molar-refractivity contribution >= 4 is 28.5 Å². The van der Waals surface area contributed by atoms with Crippen LogP contribution in [0, 0.1) is 0 Å². The lowest BCUT2D eigenvalue weighted by Crippen LogP contribution is -2.43. The van der Waals surface area contributed by atoms with Gasteiger partial charge in [-0.1, -0.05) is 12.8 Å². The topological polar surface area (TPSA) is 94.4 Å². The Kier molecular flexibility index (Phi) is 5.95. The Morgan fingerprint density at radius 1 is 1.12 bits per heavy atom. The van der Waals surface area contributed by atoms with Crippen LogP contribution in [0.15, 0.2) is 30.6 Å². The van der Waals surface area contributed by atoms with Crippen molar-refractivity contribution < 1.29 is 5.11 Å². The lowest BCUT2D eigenvalue weighted by molar-refractivity contribution is 0.0319. The Balaban J connectivity index is 1.43. The highest BCUT2D eigenvalue weighted by Crippen LogP contribution is 2.36. The minimum Gasteiger partial charge on any atom is -0.373 e. The lowest BCUT2D eigenvalue weighted by atomic mass is 10.2. The van der Waals surface area contributed by atoms with Crippen molar-refractivity contribution in [2.75, 3.05) is 50.5 Å². The molecule has 2 aliphatic rings. The molecule has 1 aliphatic heterocycles. The smallest absolute Gasteiger partial charge is 0.230 e. The van der Waals surface area contributed by atoms with Crippen LogP contribution in [0.4, 0.5) is 17.5 Å². The molecular formula is C23H32N8O. The first kappa shape index (κ1) is 21.1.